The molecule has 1 amide bonds. The van der Waals surface area contributed by atoms with Gasteiger partial charge in [0, 0.05) is 30.4 Å². The Hall–Kier alpha value is -3.76. The number of hydrogen-bond donors (Lipinski definition) is 4. The van der Waals surface area contributed by atoms with Crippen LogP contribution in [0.15, 0.2) is 30.3 Å². The fourth-order valence-electron chi connectivity index (χ4n) is 4.69. The van der Waals surface area contributed by atoms with Crippen LogP contribution >= 0.6 is 11.6 Å². The van der Waals surface area contributed by atoms with Gasteiger partial charge in [0.1, 0.15) is 11.4 Å². The standard InChI is InChI=1S/C26H31ClF3N7O5S/c1-25(2,3)42-24(38)36-9-7-16(8-10-36)37(43(39)40)19-11-14(5-6-20(19)41-4)21-17(26(28,29)30)12-15(13-18(21)27)32-23-33-22(31)34-35-23/h5-6,11-13,16H,7-10H2,1-4H3,(H,39,40)(H4,31,32,33,34,35). The summed E-state index contributed by atoms with van der Waals surface area (Å²) in [6, 6.07) is 5.69. The molecule has 0 spiro atoms. The molecule has 1 saturated heterocycles. The topological polar surface area (TPSA) is 159 Å². The smallest absolute Gasteiger partial charge is 0.417 e. The lowest BCUT2D eigenvalue weighted by molar-refractivity contribution is -0.137. The highest BCUT2D eigenvalue weighted by molar-refractivity contribution is 7.80. The van der Waals surface area contributed by atoms with Crippen LogP contribution in [0.4, 0.5) is 41.2 Å². The van der Waals surface area contributed by atoms with Gasteiger partial charge in [-0.15, -0.1) is 5.10 Å². The van der Waals surface area contributed by atoms with Crippen LogP contribution in [0.1, 0.15) is 39.2 Å². The number of carbonyl (C=O) groups is 1. The Morgan fingerprint density at radius 2 is 1.91 bits per heavy atom. The van der Waals surface area contributed by atoms with Gasteiger partial charge in [0.25, 0.3) is 11.3 Å². The van der Waals surface area contributed by atoms with Crippen molar-refractivity contribution in [3.05, 3.63) is 40.9 Å². The van der Waals surface area contributed by atoms with E-state index in [1.807, 2.05) is 0 Å². The Labute approximate surface area is 253 Å². The van der Waals surface area contributed by atoms with Gasteiger partial charge < -0.3 is 25.4 Å². The van der Waals surface area contributed by atoms with Gasteiger partial charge in [0.15, 0.2) is 0 Å². The number of nitrogens with one attached hydrogen (secondary N) is 2. The summed E-state index contributed by atoms with van der Waals surface area (Å²) in [6.07, 6.45) is -4.75. The zero-order chi connectivity index (χ0) is 31.7. The van der Waals surface area contributed by atoms with Crippen molar-refractivity contribution in [1.82, 2.24) is 20.1 Å². The lowest BCUT2D eigenvalue weighted by atomic mass is 9.97. The third kappa shape index (κ3) is 7.61. The molecule has 12 nitrogen and oxygen atoms in total. The number of halogens is 4. The largest absolute Gasteiger partial charge is 0.495 e. The van der Waals surface area contributed by atoms with Gasteiger partial charge in [-0.25, -0.2) is 14.1 Å². The first-order valence-corrected chi connectivity index (χ1v) is 14.4. The van der Waals surface area contributed by atoms with E-state index in [0.717, 1.165) is 6.07 Å². The van der Waals surface area contributed by atoms with Crippen LogP contribution in [0.25, 0.3) is 11.1 Å². The summed E-state index contributed by atoms with van der Waals surface area (Å²) in [5, 5.41) is 8.51. The minimum Gasteiger partial charge on any atom is -0.495 e. The first kappa shape index (κ1) is 32.2. The van der Waals surface area contributed by atoms with E-state index in [1.54, 1.807) is 20.8 Å². The second-order valence-corrected chi connectivity index (χ2v) is 12.0. The normalized spacial score (nSPS) is 15.2. The number of alkyl halides is 3. The van der Waals surface area contributed by atoms with Gasteiger partial charge in [-0.2, -0.15) is 18.2 Å². The molecule has 234 valence electrons. The van der Waals surface area contributed by atoms with Gasteiger partial charge in [-0.1, -0.05) is 17.7 Å². The van der Waals surface area contributed by atoms with Gasteiger partial charge >= 0.3 is 12.3 Å². The number of nitrogens with zero attached hydrogens (tertiary/aromatic N) is 4. The van der Waals surface area contributed by atoms with Gasteiger partial charge in [-0.3, -0.25) is 8.86 Å². The number of benzene rings is 2. The van der Waals surface area contributed by atoms with E-state index in [1.165, 1.54) is 40.6 Å². The zero-order valence-corrected chi connectivity index (χ0v) is 25.2. The number of rotatable bonds is 7. The molecule has 17 heteroatoms. The van der Waals surface area contributed by atoms with Crippen LogP contribution in [0.5, 0.6) is 5.75 Å². The van der Waals surface area contributed by atoms with Crippen molar-refractivity contribution in [2.75, 3.05) is 35.6 Å². The molecule has 3 aromatic rings. The number of likely N-dealkylation sites (tertiary alicyclic amines) is 1. The van der Waals surface area contributed by atoms with Crippen LogP contribution in [0.3, 0.4) is 0 Å². The molecule has 1 aliphatic heterocycles. The maximum Gasteiger partial charge on any atom is 0.417 e. The molecule has 1 fully saturated rings. The second kappa shape index (κ2) is 12.5. The summed E-state index contributed by atoms with van der Waals surface area (Å²) in [7, 11) is 1.34. The van der Waals surface area contributed by atoms with Crippen LogP contribution in [0.2, 0.25) is 5.02 Å². The second-order valence-electron chi connectivity index (χ2n) is 10.7. The zero-order valence-electron chi connectivity index (χ0n) is 23.7. The monoisotopic (exact) mass is 645 g/mol. The predicted molar refractivity (Wildman–Crippen MR) is 157 cm³/mol. The predicted octanol–water partition coefficient (Wildman–Crippen LogP) is 5.82. The van der Waals surface area contributed by atoms with Gasteiger partial charge in [0.2, 0.25) is 11.9 Å². The molecule has 1 atom stereocenters. The maximum absolute atomic E-state index is 14.4. The Morgan fingerprint density at radius 3 is 2.44 bits per heavy atom. The van der Waals surface area contributed by atoms with E-state index in [9.17, 15) is 26.7 Å². The number of amides is 1. The van der Waals surface area contributed by atoms with Crippen molar-refractivity contribution in [2.24, 2.45) is 0 Å². The third-order valence-corrected chi connectivity index (χ3v) is 7.60. The minimum atomic E-state index is -4.83. The molecule has 43 heavy (non-hydrogen) atoms. The van der Waals surface area contributed by atoms with Crippen molar-refractivity contribution in [3.63, 3.8) is 0 Å². The fraction of sp³-hybridized carbons (Fsp3) is 0.423. The molecule has 1 aromatic heterocycles. The van der Waals surface area contributed by atoms with Crippen molar-refractivity contribution < 1.29 is 36.2 Å². The molecule has 1 unspecified atom stereocenters. The van der Waals surface area contributed by atoms with E-state index >= 15 is 0 Å². The molecule has 2 heterocycles. The molecule has 4 rings (SSSR count). The number of aromatic amines is 1. The number of hydrogen-bond acceptors (Lipinski definition) is 8. The number of H-pyrrole nitrogens is 1. The van der Waals surface area contributed by atoms with Gasteiger partial charge in [0.05, 0.1) is 23.4 Å². The lowest BCUT2D eigenvalue weighted by Crippen LogP contribution is -2.48. The van der Waals surface area contributed by atoms with Crippen LogP contribution in [-0.4, -0.2) is 66.8 Å². The molecule has 0 bridgehead atoms. The number of carbonyl (C=O) groups excluding carboxylic acids is 1. The molecule has 0 saturated carbocycles. The highest BCUT2D eigenvalue weighted by atomic mass is 35.5. The summed E-state index contributed by atoms with van der Waals surface area (Å²) < 4.78 is 78.1. The summed E-state index contributed by atoms with van der Waals surface area (Å²) in [5.74, 6) is 0.0687. The average molecular weight is 646 g/mol. The molecule has 5 N–H and O–H groups in total. The SMILES string of the molecule is COc1ccc(-c2c(Cl)cc(Nc3n[nH]c(N)n3)cc2C(F)(F)F)cc1N(C1CCN(C(=O)OC(C)(C)C)CC1)S(=O)O. The third-order valence-electron chi connectivity index (χ3n) is 6.48. The van der Waals surface area contributed by atoms with Crippen LogP contribution in [-0.2, 0) is 22.2 Å². The Balaban J connectivity index is 1.70. The number of ether oxygens (including phenoxy) is 2. The summed E-state index contributed by atoms with van der Waals surface area (Å²) >= 11 is 3.85. The average Bonchev–Trinajstić information content (AvgIpc) is 3.31. The van der Waals surface area contributed by atoms with E-state index < -0.39 is 40.7 Å². The summed E-state index contributed by atoms with van der Waals surface area (Å²) in [4.78, 5) is 17.8. The Morgan fingerprint density at radius 1 is 1.23 bits per heavy atom. The highest BCUT2D eigenvalue weighted by Crippen LogP contribution is 2.45. The number of aromatic nitrogens is 3. The van der Waals surface area contributed by atoms with Gasteiger partial charge in [-0.05, 0) is 63.4 Å². The summed E-state index contributed by atoms with van der Waals surface area (Å²) in [5.41, 5.74) is 3.47. The summed E-state index contributed by atoms with van der Waals surface area (Å²) in [6.45, 7) is 5.73. The van der Waals surface area contributed by atoms with E-state index in [0.29, 0.717) is 12.8 Å². The van der Waals surface area contributed by atoms with E-state index in [2.05, 4.69) is 20.5 Å². The molecular formula is C26H31ClF3N7O5S. The van der Waals surface area contributed by atoms with Crippen molar-refractivity contribution in [3.8, 4) is 16.9 Å². The highest BCUT2D eigenvalue weighted by Gasteiger charge is 2.37. The molecule has 0 aliphatic carbocycles. The molecule has 2 aromatic carbocycles. The van der Waals surface area contributed by atoms with Crippen molar-refractivity contribution in [1.29, 1.82) is 0 Å². The Kier molecular flexibility index (Phi) is 9.32. The maximum atomic E-state index is 14.4. The van der Waals surface area contributed by atoms with E-state index in [4.69, 9.17) is 26.8 Å². The van der Waals surface area contributed by atoms with Crippen molar-refractivity contribution in [2.45, 2.75) is 51.4 Å². The van der Waals surface area contributed by atoms with Crippen molar-refractivity contribution >= 4 is 52.2 Å². The lowest BCUT2D eigenvalue weighted by Gasteiger charge is -2.38. The molecule has 0 radical (unpaired) electrons. The number of piperidine rings is 1. The first-order chi connectivity index (χ1) is 20.1. The number of anilines is 4. The molecular weight excluding hydrogens is 615 g/mol. The minimum absolute atomic E-state index is 0.0310. The Bertz CT molecular complexity index is 1510. The van der Waals surface area contributed by atoms with Crippen LogP contribution in [0, 0.1) is 0 Å². The number of nitrogen functional groups attached to an aromatic ring is 1. The first-order valence-electron chi connectivity index (χ1n) is 13.0. The fourth-order valence-corrected chi connectivity index (χ4v) is 5.80. The van der Waals surface area contributed by atoms with E-state index in [-0.39, 0.29) is 58.3 Å². The number of methoxy groups -OCH3 is 1. The quantitative estimate of drug-likeness (QED) is 0.232. The van der Waals surface area contributed by atoms with Crippen LogP contribution < -0.4 is 20.1 Å². The number of nitrogens with two attached hydrogens (primary N) is 1. The molecule has 1 aliphatic rings.